The SMILES string of the molecule is CC(=O)O[C@@H]1[C@@H](OC(C)=O)[C@](C)(F)O[C@](Br)(CO)[C@H]1OC(C)=O. The first-order valence-electron chi connectivity index (χ1n) is 6.63. The molecule has 0 aromatic carbocycles. The normalized spacial score (nSPS) is 36.9. The second-order valence-electron chi connectivity index (χ2n) is 5.17. The van der Waals surface area contributed by atoms with E-state index in [-0.39, 0.29) is 0 Å². The number of halogens is 2. The minimum absolute atomic E-state index is 0.794. The summed E-state index contributed by atoms with van der Waals surface area (Å²) in [5.74, 6) is -5.10. The van der Waals surface area contributed by atoms with Gasteiger partial charge in [0.15, 0.2) is 16.7 Å². The summed E-state index contributed by atoms with van der Waals surface area (Å²) in [5, 5.41) is 9.51. The molecule has 0 aromatic heterocycles. The summed E-state index contributed by atoms with van der Waals surface area (Å²) >= 11 is 2.97. The Morgan fingerprint density at radius 2 is 1.52 bits per heavy atom. The highest BCUT2D eigenvalue weighted by atomic mass is 79.9. The molecule has 1 aliphatic rings. The van der Waals surface area contributed by atoms with Crippen molar-refractivity contribution in [2.24, 2.45) is 0 Å². The molecule has 1 N–H and O–H groups in total. The topological polar surface area (TPSA) is 108 Å². The number of aliphatic hydroxyl groups is 1. The lowest BCUT2D eigenvalue weighted by atomic mass is 9.93. The summed E-state index contributed by atoms with van der Waals surface area (Å²) in [6.07, 6.45) is -4.69. The van der Waals surface area contributed by atoms with Crippen LogP contribution >= 0.6 is 15.9 Å². The first-order chi connectivity index (χ1) is 10.4. The molecule has 132 valence electrons. The number of rotatable bonds is 4. The molecule has 0 spiro atoms. The van der Waals surface area contributed by atoms with Crippen LogP contribution in [0.25, 0.3) is 0 Å². The average molecular weight is 401 g/mol. The fraction of sp³-hybridized carbons (Fsp3) is 0.769. The quantitative estimate of drug-likeness (QED) is 0.414. The molecule has 8 nitrogen and oxygen atoms in total. The fourth-order valence-electron chi connectivity index (χ4n) is 2.27. The highest BCUT2D eigenvalue weighted by Crippen LogP contribution is 2.44. The predicted octanol–water partition coefficient (Wildman–Crippen LogP) is 0.581. The molecule has 5 atom stereocenters. The van der Waals surface area contributed by atoms with Crippen LogP contribution in [0.1, 0.15) is 27.7 Å². The predicted molar refractivity (Wildman–Crippen MR) is 76.0 cm³/mol. The zero-order valence-electron chi connectivity index (χ0n) is 13.0. The largest absolute Gasteiger partial charge is 0.454 e. The molecule has 0 unspecified atom stereocenters. The van der Waals surface area contributed by atoms with Gasteiger partial charge in [-0.05, 0) is 22.9 Å². The second-order valence-corrected chi connectivity index (χ2v) is 6.51. The lowest BCUT2D eigenvalue weighted by Crippen LogP contribution is -2.69. The van der Waals surface area contributed by atoms with Crippen molar-refractivity contribution in [3.05, 3.63) is 0 Å². The second kappa shape index (κ2) is 7.10. The molecule has 1 aliphatic heterocycles. The highest BCUT2D eigenvalue weighted by Gasteiger charge is 2.64. The molecule has 1 rings (SSSR count). The van der Waals surface area contributed by atoms with Crippen molar-refractivity contribution >= 4 is 33.8 Å². The van der Waals surface area contributed by atoms with Crippen molar-refractivity contribution in [2.75, 3.05) is 6.61 Å². The van der Waals surface area contributed by atoms with E-state index in [1.54, 1.807) is 0 Å². The van der Waals surface area contributed by atoms with E-state index in [1.165, 1.54) is 0 Å². The summed E-state index contributed by atoms with van der Waals surface area (Å²) in [7, 11) is 0. The average Bonchev–Trinajstić information content (AvgIpc) is 2.37. The van der Waals surface area contributed by atoms with Gasteiger partial charge in [-0.1, -0.05) is 0 Å². The maximum Gasteiger partial charge on any atom is 0.303 e. The smallest absolute Gasteiger partial charge is 0.303 e. The number of hydrogen-bond donors (Lipinski definition) is 1. The lowest BCUT2D eigenvalue weighted by Gasteiger charge is -2.49. The van der Waals surface area contributed by atoms with Crippen LogP contribution in [0.3, 0.4) is 0 Å². The van der Waals surface area contributed by atoms with E-state index in [0.29, 0.717) is 0 Å². The summed E-state index contributed by atoms with van der Waals surface area (Å²) in [6.45, 7) is 3.28. The van der Waals surface area contributed by atoms with Gasteiger partial charge in [0.1, 0.15) is 0 Å². The Morgan fingerprint density at radius 3 is 1.91 bits per heavy atom. The van der Waals surface area contributed by atoms with Gasteiger partial charge >= 0.3 is 17.9 Å². The number of esters is 3. The number of carbonyl (C=O) groups excluding carboxylic acids is 3. The molecule has 1 fully saturated rings. The van der Waals surface area contributed by atoms with Crippen molar-refractivity contribution in [3.63, 3.8) is 0 Å². The van der Waals surface area contributed by atoms with Crippen molar-refractivity contribution in [1.82, 2.24) is 0 Å². The van der Waals surface area contributed by atoms with Gasteiger partial charge in [-0.15, -0.1) is 0 Å². The highest BCUT2D eigenvalue weighted by molar-refractivity contribution is 9.10. The Balaban J connectivity index is 3.35. The summed E-state index contributed by atoms with van der Waals surface area (Å²) in [4.78, 5) is 33.9. The fourth-order valence-corrected chi connectivity index (χ4v) is 2.94. The van der Waals surface area contributed by atoms with Crippen molar-refractivity contribution in [3.8, 4) is 0 Å². The molecule has 0 amide bonds. The summed E-state index contributed by atoms with van der Waals surface area (Å²) in [5.41, 5.74) is 0. The molecule has 0 radical (unpaired) electrons. The number of hydrogen-bond acceptors (Lipinski definition) is 8. The van der Waals surface area contributed by atoms with Gasteiger partial charge in [0, 0.05) is 20.8 Å². The standard InChI is InChI=1S/C13H18BrFO8/c1-6(17)20-9-10(21-7(2)18)12(4,15)23-13(14,5-16)11(9)22-8(3)19/h9-11,16H,5H2,1-4H3/t9-,10-,11+,12-,13-/m1/s1. The minimum atomic E-state index is -2.63. The van der Waals surface area contributed by atoms with E-state index in [9.17, 15) is 23.9 Å². The third-order valence-corrected chi connectivity index (χ3v) is 3.87. The molecule has 1 heterocycles. The zero-order valence-corrected chi connectivity index (χ0v) is 14.6. The summed E-state index contributed by atoms with van der Waals surface area (Å²) in [6, 6.07) is 0. The van der Waals surface area contributed by atoms with Gasteiger partial charge < -0.3 is 24.1 Å². The number of ether oxygens (including phenoxy) is 4. The van der Waals surface area contributed by atoms with Gasteiger partial charge in [0.2, 0.25) is 12.0 Å². The van der Waals surface area contributed by atoms with Crippen LogP contribution < -0.4 is 0 Å². The van der Waals surface area contributed by atoms with E-state index in [2.05, 4.69) is 15.9 Å². The Kier molecular flexibility index (Phi) is 6.11. The minimum Gasteiger partial charge on any atom is -0.454 e. The van der Waals surface area contributed by atoms with E-state index in [1.807, 2.05) is 0 Å². The van der Waals surface area contributed by atoms with Crippen molar-refractivity contribution in [1.29, 1.82) is 0 Å². The first-order valence-corrected chi connectivity index (χ1v) is 7.42. The van der Waals surface area contributed by atoms with Gasteiger partial charge in [-0.25, -0.2) is 4.39 Å². The number of alkyl halides is 2. The number of carbonyl (C=O) groups is 3. The van der Waals surface area contributed by atoms with Crippen LogP contribution in [-0.4, -0.2) is 58.3 Å². The van der Waals surface area contributed by atoms with Crippen LogP contribution in [0.4, 0.5) is 4.39 Å². The molecule has 1 saturated heterocycles. The summed E-state index contributed by atoms with van der Waals surface area (Å²) < 4.78 is 32.9. The monoisotopic (exact) mass is 400 g/mol. The molecular weight excluding hydrogens is 383 g/mol. The molecule has 0 aliphatic carbocycles. The maximum absolute atomic E-state index is 14.8. The van der Waals surface area contributed by atoms with Crippen molar-refractivity contribution in [2.45, 2.75) is 56.4 Å². The van der Waals surface area contributed by atoms with Gasteiger partial charge in [0.25, 0.3) is 0 Å². The Bertz CT molecular complexity index is 496. The zero-order chi connectivity index (χ0) is 18.0. The van der Waals surface area contributed by atoms with E-state index in [0.717, 1.165) is 27.7 Å². The first kappa shape index (κ1) is 19.8. The van der Waals surface area contributed by atoms with Crippen LogP contribution in [0.5, 0.6) is 0 Å². The third kappa shape index (κ3) is 4.61. The lowest BCUT2D eigenvalue weighted by molar-refractivity contribution is -0.326. The van der Waals surface area contributed by atoms with E-state index < -0.39 is 53.2 Å². The Morgan fingerprint density at radius 1 is 1.09 bits per heavy atom. The van der Waals surface area contributed by atoms with Gasteiger partial charge in [-0.3, -0.25) is 14.4 Å². The van der Waals surface area contributed by atoms with Gasteiger partial charge in [0.05, 0.1) is 6.61 Å². The van der Waals surface area contributed by atoms with Gasteiger partial charge in [-0.2, -0.15) is 0 Å². The Hall–Kier alpha value is -1.26. The van der Waals surface area contributed by atoms with Crippen molar-refractivity contribution < 1.29 is 42.8 Å². The molecule has 10 heteroatoms. The molecule has 0 aromatic rings. The van der Waals surface area contributed by atoms with Crippen LogP contribution in [-0.2, 0) is 33.3 Å². The molecule has 0 bridgehead atoms. The molecular formula is C13H18BrFO8. The maximum atomic E-state index is 14.8. The Labute approximate surface area is 140 Å². The number of aliphatic hydroxyl groups excluding tert-OH is 1. The third-order valence-electron chi connectivity index (χ3n) is 3.00. The van der Waals surface area contributed by atoms with Crippen LogP contribution in [0, 0.1) is 0 Å². The van der Waals surface area contributed by atoms with E-state index in [4.69, 9.17) is 18.9 Å². The van der Waals surface area contributed by atoms with Crippen LogP contribution in [0.2, 0.25) is 0 Å². The van der Waals surface area contributed by atoms with E-state index >= 15 is 0 Å². The molecule has 0 saturated carbocycles. The molecule has 23 heavy (non-hydrogen) atoms. The van der Waals surface area contributed by atoms with Crippen LogP contribution in [0.15, 0.2) is 0 Å².